The van der Waals surface area contributed by atoms with Crippen molar-refractivity contribution >= 4 is 35.2 Å². The summed E-state index contributed by atoms with van der Waals surface area (Å²) in [5.74, 6) is 0.301. The van der Waals surface area contributed by atoms with Crippen LogP contribution >= 0.6 is 11.8 Å². The maximum atomic E-state index is 12.5. The molecule has 0 unspecified atom stereocenters. The quantitative estimate of drug-likeness (QED) is 0.691. The Hall–Kier alpha value is -2.94. The van der Waals surface area contributed by atoms with Gasteiger partial charge >= 0.3 is 5.97 Å². The van der Waals surface area contributed by atoms with Crippen LogP contribution < -0.4 is 10.1 Å². The van der Waals surface area contributed by atoms with Gasteiger partial charge in [-0.1, -0.05) is 0 Å². The molecule has 1 saturated heterocycles. The third kappa shape index (κ3) is 5.11. The van der Waals surface area contributed by atoms with Gasteiger partial charge in [-0.25, -0.2) is 4.79 Å². The number of carbonyl (C=O) groups is 3. The maximum absolute atomic E-state index is 12.5. The topological polar surface area (TPSA) is 98.1 Å². The van der Waals surface area contributed by atoms with Gasteiger partial charge in [-0.2, -0.15) is 0 Å². The molecule has 1 aliphatic heterocycles. The highest BCUT2D eigenvalue weighted by Gasteiger charge is 2.43. The van der Waals surface area contributed by atoms with Gasteiger partial charge in [0.05, 0.1) is 12.9 Å². The first-order valence-electron chi connectivity index (χ1n) is 9.13. The molecule has 2 aromatic rings. The molecule has 0 spiro atoms. The summed E-state index contributed by atoms with van der Waals surface area (Å²) in [5, 5.41) is 2.26. The van der Waals surface area contributed by atoms with Gasteiger partial charge in [-0.3, -0.25) is 9.59 Å². The van der Waals surface area contributed by atoms with E-state index in [2.05, 4.69) is 5.32 Å². The second kappa shape index (κ2) is 9.51. The van der Waals surface area contributed by atoms with Crippen molar-refractivity contribution in [2.75, 3.05) is 24.3 Å². The fourth-order valence-electron chi connectivity index (χ4n) is 2.95. The molecule has 2 atom stereocenters. The summed E-state index contributed by atoms with van der Waals surface area (Å²) in [5.41, 5.74) is 0.564. The van der Waals surface area contributed by atoms with Crippen LogP contribution in [0.5, 0.6) is 5.75 Å². The zero-order valence-corrected chi connectivity index (χ0v) is 16.9. The number of esters is 1. The Labute approximate surface area is 172 Å². The number of ether oxygens (including phenoxy) is 2. The van der Waals surface area contributed by atoms with E-state index < -0.39 is 29.9 Å². The Morgan fingerprint density at radius 2 is 2.00 bits per heavy atom. The molecule has 0 bridgehead atoms. The molecule has 8 nitrogen and oxygen atoms in total. The molecule has 9 heteroatoms. The van der Waals surface area contributed by atoms with Gasteiger partial charge in [0.1, 0.15) is 22.9 Å². The summed E-state index contributed by atoms with van der Waals surface area (Å²) in [6.45, 7) is 3.39. The number of rotatable bonds is 7. The van der Waals surface area contributed by atoms with Crippen molar-refractivity contribution in [2.24, 2.45) is 0 Å². The molecule has 0 aliphatic carbocycles. The lowest BCUT2D eigenvalue weighted by Crippen LogP contribution is -2.43. The van der Waals surface area contributed by atoms with Gasteiger partial charge in [0.25, 0.3) is 5.91 Å². The Morgan fingerprint density at radius 1 is 1.24 bits per heavy atom. The van der Waals surface area contributed by atoms with Crippen LogP contribution in [-0.2, 0) is 19.1 Å². The SMILES string of the molecule is CCOc1ccc(NC(=O)COC(=O)[C@H]2CS[C@H](c3ccco3)N2C(C)=O)cc1. The van der Waals surface area contributed by atoms with E-state index in [4.69, 9.17) is 13.9 Å². The molecule has 0 radical (unpaired) electrons. The van der Waals surface area contributed by atoms with Crippen LogP contribution in [0.1, 0.15) is 25.0 Å². The van der Waals surface area contributed by atoms with Gasteiger partial charge in [0.15, 0.2) is 6.61 Å². The number of thioether (sulfide) groups is 1. The van der Waals surface area contributed by atoms with Gasteiger partial charge in [0, 0.05) is 18.4 Å². The fourth-order valence-corrected chi connectivity index (χ4v) is 4.37. The van der Waals surface area contributed by atoms with Crippen molar-refractivity contribution < 1.29 is 28.3 Å². The van der Waals surface area contributed by atoms with E-state index in [0.29, 0.717) is 29.6 Å². The lowest BCUT2D eigenvalue weighted by Gasteiger charge is -2.25. The van der Waals surface area contributed by atoms with E-state index in [9.17, 15) is 14.4 Å². The van der Waals surface area contributed by atoms with Crippen LogP contribution in [0.25, 0.3) is 0 Å². The standard InChI is InChI=1S/C20H22N2O6S/c1-3-26-15-8-6-14(7-9-15)21-18(24)11-28-20(25)16-12-29-19(22(16)13(2)23)17-5-4-10-27-17/h4-10,16,19H,3,11-12H2,1-2H3,(H,21,24)/t16-,19-/m1/s1. The minimum absolute atomic E-state index is 0.266. The minimum atomic E-state index is -0.772. The van der Waals surface area contributed by atoms with Crippen molar-refractivity contribution in [1.82, 2.24) is 4.90 Å². The summed E-state index contributed by atoms with van der Waals surface area (Å²) < 4.78 is 15.9. The van der Waals surface area contributed by atoms with E-state index in [1.54, 1.807) is 36.4 Å². The Morgan fingerprint density at radius 3 is 2.62 bits per heavy atom. The molecule has 3 rings (SSSR count). The summed E-state index contributed by atoms with van der Waals surface area (Å²) in [4.78, 5) is 38.1. The van der Waals surface area contributed by atoms with Crippen LogP contribution in [0.2, 0.25) is 0 Å². The van der Waals surface area contributed by atoms with Crippen molar-refractivity contribution in [2.45, 2.75) is 25.3 Å². The van der Waals surface area contributed by atoms with E-state index in [1.165, 1.54) is 29.8 Å². The lowest BCUT2D eigenvalue weighted by atomic mass is 10.2. The summed E-state index contributed by atoms with van der Waals surface area (Å²) >= 11 is 1.41. The number of nitrogens with zero attached hydrogens (tertiary/aromatic N) is 1. The Balaban J connectivity index is 1.54. The van der Waals surface area contributed by atoms with Crippen LogP contribution in [0.4, 0.5) is 5.69 Å². The molecular weight excluding hydrogens is 396 g/mol. The zero-order valence-electron chi connectivity index (χ0n) is 16.1. The van der Waals surface area contributed by atoms with E-state index in [0.717, 1.165) is 0 Å². The molecule has 1 fully saturated rings. The number of benzene rings is 1. The second-order valence-electron chi connectivity index (χ2n) is 6.26. The van der Waals surface area contributed by atoms with Gasteiger partial charge in [0.2, 0.25) is 5.91 Å². The van der Waals surface area contributed by atoms with Crippen LogP contribution in [0, 0.1) is 0 Å². The first-order chi connectivity index (χ1) is 14.0. The molecule has 1 aromatic carbocycles. The van der Waals surface area contributed by atoms with Gasteiger partial charge < -0.3 is 24.1 Å². The van der Waals surface area contributed by atoms with Crippen molar-refractivity contribution in [1.29, 1.82) is 0 Å². The highest BCUT2D eigenvalue weighted by Crippen LogP contribution is 2.41. The number of amides is 2. The Kier molecular flexibility index (Phi) is 6.82. The lowest BCUT2D eigenvalue weighted by molar-refractivity contribution is -0.155. The van der Waals surface area contributed by atoms with Gasteiger partial charge in [-0.15, -0.1) is 11.8 Å². The highest BCUT2D eigenvalue weighted by molar-refractivity contribution is 7.99. The zero-order chi connectivity index (χ0) is 20.8. The van der Waals surface area contributed by atoms with Crippen molar-refractivity contribution in [3.8, 4) is 5.75 Å². The number of anilines is 1. The second-order valence-corrected chi connectivity index (χ2v) is 7.37. The van der Waals surface area contributed by atoms with E-state index >= 15 is 0 Å². The van der Waals surface area contributed by atoms with Crippen LogP contribution in [0.3, 0.4) is 0 Å². The fraction of sp³-hybridized carbons (Fsp3) is 0.350. The third-order valence-corrected chi connectivity index (χ3v) is 5.50. The number of hydrogen-bond acceptors (Lipinski definition) is 7. The van der Waals surface area contributed by atoms with Crippen molar-refractivity contribution in [3.63, 3.8) is 0 Å². The summed E-state index contributed by atoms with van der Waals surface area (Å²) in [7, 11) is 0. The minimum Gasteiger partial charge on any atom is -0.494 e. The number of nitrogens with one attached hydrogen (secondary N) is 1. The van der Waals surface area contributed by atoms with Crippen molar-refractivity contribution in [3.05, 3.63) is 48.4 Å². The number of hydrogen-bond donors (Lipinski definition) is 1. The average Bonchev–Trinajstić information content (AvgIpc) is 3.37. The maximum Gasteiger partial charge on any atom is 0.330 e. The molecule has 0 saturated carbocycles. The molecule has 1 aromatic heterocycles. The molecule has 2 amide bonds. The predicted octanol–water partition coefficient (Wildman–Crippen LogP) is 2.82. The highest BCUT2D eigenvalue weighted by atomic mass is 32.2. The average molecular weight is 418 g/mol. The summed E-state index contributed by atoms with van der Waals surface area (Å²) in [6.07, 6.45) is 1.52. The molecule has 2 heterocycles. The molecular formula is C20H22N2O6S. The molecule has 1 N–H and O–H groups in total. The predicted molar refractivity (Wildman–Crippen MR) is 107 cm³/mol. The third-order valence-electron chi connectivity index (χ3n) is 4.22. The first-order valence-corrected chi connectivity index (χ1v) is 10.2. The van der Waals surface area contributed by atoms with E-state index in [-0.39, 0.29) is 5.91 Å². The monoisotopic (exact) mass is 418 g/mol. The smallest absolute Gasteiger partial charge is 0.330 e. The normalized spacial score (nSPS) is 18.3. The number of carbonyl (C=O) groups excluding carboxylic acids is 3. The number of furan rings is 1. The largest absolute Gasteiger partial charge is 0.494 e. The van der Waals surface area contributed by atoms with E-state index in [1.807, 2.05) is 6.92 Å². The van der Waals surface area contributed by atoms with Crippen LogP contribution in [-0.4, -0.2) is 47.7 Å². The molecule has 29 heavy (non-hydrogen) atoms. The van der Waals surface area contributed by atoms with Crippen LogP contribution in [0.15, 0.2) is 47.1 Å². The first kappa shape index (κ1) is 20.8. The molecule has 154 valence electrons. The summed E-state index contributed by atoms with van der Waals surface area (Å²) in [6, 6.07) is 9.58. The Bertz CT molecular complexity index is 852. The molecule has 1 aliphatic rings. The van der Waals surface area contributed by atoms with Gasteiger partial charge in [-0.05, 0) is 43.3 Å².